The number of hydrogen-bond acceptors (Lipinski definition) is 5. The van der Waals surface area contributed by atoms with Crippen LogP contribution in [0.25, 0.3) is 0 Å². The molecule has 4 nitrogen and oxygen atoms in total. The van der Waals surface area contributed by atoms with Crippen molar-refractivity contribution < 1.29 is 35.1 Å². The normalized spacial score (nSPS) is 20.6. The Morgan fingerprint density at radius 2 is 1.71 bits per heavy atom. The van der Waals surface area contributed by atoms with Crippen molar-refractivity contribution in [3.8, 4) is 6.07 Å². The smallest absolute Gasteiger partial charge is 0.244 e. The number of nitrogens with zero attached hydrogens (tertiary/aromatic N) is 4. The van der Waals surface area contributed by atoms with Gasteiger partial charge >= 0.3 is 6.18 Å². The third-order valence-electron chi connectivity index (χ3n) is 4.99. The summed E-state index contributed by atoms with van der Waals surface area (Å²) in [6.07, 6.45) is -5.16. The number of halogens is 8. The monoisotopic (exact) mass is 506 g/mol. The fourth-order valence-electron chi connectivity index (χ4n) is 3.36. The Hall–Kier alpha value is -3.01. The van der Waals surface area contributed by atoms with Crippen molar-refractivity contribution in [1.82, 2.24) is 0 Å². The van der Waals surface area contributed by atoms with Gasteiger partial charge in [-0.1, -0.05) is 6.92 Å². The first-order chi connectivity index (χ1) is 15.8. The maximum absolute atomic E-state index is 14.2. The quantitative estimate of drug-likeness (QED) is 0.143. The number of aliphatic imine (C=N–C) groups is 1. The van der Waals surface area contributed by atoms with Gasteiger partial charge < -0.3 is 0 Å². The fourth-order valence-corrected chi connectivity index (χ4v) is 4.23. The molecule has 0 radical (unpaired) electrons. The number of hydrogen-bond donors (Lipinski definition) is 0. The zero-order valence-corrected chi connectivity index (χ0v) is 18.3. The van der Waals surface area contributed by atoms with Crippen molar-refractivity contribution in [2.75, 3.05) is 5.75 Å². The molecule has 0 saturated carbocycles. The molecule has 0 aliphatic carbocycles. The SMILES string of the molecule is CCSC(=Nc1ccc(C#N)c(C(F)(F)F)c1)C1(C)CC(c2c(F)c(F)c(F)c(F)c2F)N=N1. The molecule has 3 rings (SSSR count). The zero-order valence-electron chi connectivity index (χ0n) is 17.4. The van der Waals surface area contributed by atoms with E-state index >= 15 is 0 Å². The maximum atomic E-state index is 14.2. The summed E-state index contributed by atoms with van der Waals surface area (Å²) < 4.78 is 109. The molecule has 180 valence electrons. The van der Waals surface area contributed by atoms with E-state index in [4.69, 9.17) is 5.26 Å². The summed E-state index contributed by atoms with van der Waals surface area (Å²) in [6, 6.07) is 2.72. The Morgan fingerprint density at radius 1 is 1.12 bits per heavy atom. The predicted molar refractivity (Wildman–Crippen MR) is 108 cm³/mol. The molecule has 0 N–H and O–H groups in total. The number of nitriles is 1. The van der Waals surface area contributed by atoms with Gasteiger partial charge in [0.2, 0.25) is 5.82 Å². The summed E-state index contributed by atoms with van der Waals surface area (Å²) in [5, 5.41) is 16.7. The molecule has 2 atom stereocenters. The highest BCUT2D eigenvalue weighted by Gasteiger charge is 2.43. The number of benzene rings is 2. The summed E-state index contributed by atoms with van der Waals surface area (Å²) in [7, 11) is 0. The molecule has 2 aromatic carbocycles. The van der Waals surface area contributed by atoms with Crippen LogP contribution in [0.3, 0.4) is 0 Å². The van der Waals surface area contributed by atoms with E-state index < -0.39 is 63.5 Å². The van der Waals surface area contributed by atoms with Crippen LogP contribution in [0, 0.1) is 40.4 Å². The molecule has 1 heterocycles. The average molecular weight is 506 g/mol. The van der Waals surface area contributed by atoms with Gasteiger partial charge in [-0.2, -0.15) is 28.7 Å². The minimum absolute atomic E-state index is 0.114. The first-order valence-electron chi connectivity index (χ1n) is 9.60. The van der Waals surface area contributed by atoms with Crippen LogP contribution in [-0.4, -0.2) is 16.3 Å². The second-order valence-electron chi connectivity index (χ2n) is 7.38. The van der Waals surface area contributed by atoms with Crippen LogP contribution < -0.4 is 0 Å². The van der Waals surface area contributed by atoms with Crippen LogP contribution in [0.2, 0.25) is 0 Å². The van der Waals surface area contributed by atoms with Crippen LogP contribution in [0.4, 0.5) is 40.8 Å². The van der Waals surface area contributed by atoms with Crippen LogP contribution >= 0.6 is 11.8 Å². The van der Waals surface area contributed by atoms with E-state index in [2.05, 4.69) is 15.2 Å². The van der Waals surface area contributed by atoms with Crippen molar-refractivity contribution in [1.29, 1.82) is 5.26 Å². The minimum atomic E-state index is -4.82. The Balaban J connectivity index is 2.03. The molecule has 1 aliphatic rings. The van der Waals surface area contributed by atoms with Gasteiger partial charge in [0.1, 0.15) is 16.6 Å². The highest BCUT2D eigenvalue weighted by atomic mass is 32.2. The van der Waals surface area contributed by atoms with Crippen molar-refractivity contribution in [2.24, 2.45) is 15.2 Å². The van der Waals surface area contributed by atoms with Crippen molar-refractivity contribution >= 4 is 22.5 Å². The molecule has 0 spiro atoms. The predicted octanol–water partition coefficient (Wildman–Crippen LogP) is 7.41. The fraction of sp³-hybridized carbons (Fsp3) is 0.333. The molecular weight excluding hydrogens is 492 g/mol. The Morgan fingerprint density at radius 3 is 2.24 bits per heavy atom. The average Bonchev–Trinajstić information content (AvgIpc) is 3.18. The molecule has 0 amide bonds. The molecule has 34 heavy (non-hydrogen) atoms. The van der Waals surface area contributed by atoms with Crippen molar-refractivity contribution in [3.63, 3.8) is 0 Å². The Bertz CT molecular complexity index is 1210. The first-order valence-corrected chi connectivity index (χ1v) is 10.6. The summed E-state index contributed by atoms with van der Waals surface area (Å²) in [5.41, 5.74) is -4.54. The van der Waals surface area contributed by atoms with E-state index in [9.17, 15) is 35.1 Å². The Labute approximate surface area is 192 Å². The molecule has 1 aliphatic heterocycles. The zero-order chi connectivity index (χ0) is 25.4. The van der Waals surface area contributed by atoms with Gasteiger partial charge in [-0.25, -0.2) is 26.9 Å². The van der Waals surface area contributed by atoms with Crippen LogP contribution in [0.15, 0.2) is 33.4 Å². The second kappa shape index (κ2) is 9.32. The second-order valence-corrected chi connectivity index (χ2v) is 8.63. The van der Waals surface area contributed by atoms with Gasteiger partial charge in [-0.3, -0.25) is 0 Å². The molecule has 2 aromatic rings. The highest BCUT2D eigenvalue weighted by Crippen LogP contribution is 2.44. The van der Waals surface area contributed by atoms with Crippen LogP contribution in [0.1, 0.15) is 43.0 Å². The number of alkyl halides is 3. The molecule has 0 bridgehead atoms. The first kappa shape index (κ1) is 25.6. The van der Waals surface area contributed by atoms with Gasteiger partial charge in [0.15, 0.2) is 23.3 Å². The van der Waals surface area contributed by atoms with E-state index in [0.717, 1.165) is 17.8 Å². The number of azo groups is 1. The standard InChI is InChI=1S/C21H14F8N4S/c1-3-34-19(31-10-5-4-9(8-30)11(6-10)21(27,28)29)20(2)7-12(32-33-20)13-14(22)16(24)18(26)17(25)15(13)23/h4-6,12H,3,7H2,1-2H3. The van der Waals surface area contributed by atoms with Crippen molar-refractivity contribution in [3.05, 3.63) is 64.0 Å². The van der Waals surface area contributed by atoms with Crippen LogP contribution in [0.5, 0.6) is 0 Å². The molecule has 13 heteroatoms. The van der Waals surface area contributed by atoms with Gasteiger partial charge in [0.25, 0.3) is 0 Å². The lowest BCUT2D eigenvalue weighted by Crippen LogP contribution is -2.30. The molecule has 0 saturated heterocycles. The topological polar surface area (TPSA) is 60.9 Å². The van der Waals surface area contributed by atoms with E-state index in [1.807, 2.05) is 0 Å². The number of rotatable bonds is 4. The van der Waals surface area contributed by atoms with Crippen LogP contribution in [-0.2, 0) is 6.18 Å². The van der Waals surface area contributed by atoms with Crippen molar-refractivity contribution in [2.45, 2.75) is 38.0 Å². The van der Waals surface area contributed by atoms with E-state index in [1.165, 1.54) is 19.1 Å². The molecule has 0 fully saturated rings. The lowest BCUT2D eigenvalue weighted by molar-refractivity contribution is -0.137. The highest BCUT2D eigenvalue weighted by molar-refractivity contribution is 8.14. The summed E-state index contributed by atoms with van der Waals surface area (Å²) in [5.74, 6) is -10.2. The van der Waals surface area contributed by atoms with Gasteiger partial charge in [-0.05, 0) is 30.9 Å². The maximum Gasteiger partial charge on any atom is 0.417 e. The third-order valence-corrected chi connectivity index (χ3v) is 6.08. The Kier molecular flexibility index (Phi) is 7.02. The largest absolute Gasteiger partial charge is 0.417 e. The van der Waals surface area contributed by atoms with E-state index in [-0.39, 0.29) is 17.2 Å². The number of thioether (sulfide) groups is 1. The molecule has 0 aromatic heterocycles. The third kappa shape index (κ3) is 4.64. The lowest BCUT2D eigenvalue weighted by atomic mass is 9.92. The van der Waals surface area contributed by atoms with Gasteiger partial charge in [0.05, 0.1) is 28.4 Å². The van der Waals surface area contributed by atoms with E-state index in [1.54, 1.807) is 6.92 Å². The van der Waals surface area contributed by atoms with Gasteiger partial charge in [0, 0.05) is 6.42 Å². The summed E-state index contributed by atoms with van der Waals surface area (Å²) in [6.45, 7) is 3.13. The molecular formula is C21H14F8N4S. The molecule has 2 unspecified atom stereocenters. The van der Waals surface area contributed by atoms with E-state index in [0.29, 0.717) is 11.8 Å². The summed E-state index contributed by atoms with van der Waals surface area (Å²) >= 11 is 1.06. The van der Waals surface area contributed by atoms with Gasteiger partial charge in [-0.15, -0.1) is 11.8 Å². The summed E-state index contributed by atoms with van der Waals surface area (Å²) in [4.78, 5) is 4.19. The minimum Gasteiger partial charge on any atom is -0.244 e. The lowest BCUT2D eigenvalue weighted by Gasteiger charge is -2.22.